The molecule has 0 fully saturated rings. The van der Waals surface area contributed by atoms with Crippen molar-refractivity contribution < 1.29 is 14.3 Å². The molecule has 0 spiro atoms. The van der Waals surface area contributed by atoms with Crippen LogP contribution >= 0.6 is 15.9 Å². The lowest BCUT2D eigenvalue weighted by Crippen LogP contribution is -2.15. The predicted octanol–water partition coefficient (Wildman–Crippen LogP) is 3.33. The van der Waals surface area contributed by atoms with Crippen LogP contribution in [0.5, 0.6) is 5.75 Å². The van der Waals surface area contributed by atoms with Crippen LogP contribution in [0.15, 0.2) is 40.9 Å². The van der Waals surface area contributed by atoms with Gasteiger partial charge >= 0.3 is 5.97 Å². The minimum atomic E-state index is -0.333. The molecule has 0 aliphatic carbocycles. The van der Waals surface area contributed by atoms with E-state index in [-0.39, 0.29) is 12.6 Å². The Kier molecular flexibility index (Phi) is 4.84. The largest absolute Gasteiger partial charge is 0.490 e. The predicted molar refractivity (Wildman–Crippen MR) is 80.1 cm³/mol. The Hall–Kier alpha value is -1.75. The summed E-state index contributed by atoms with van der Waals surface area (Å²) in [7, 11) is 1.84. The molecule has 1 aromatic carbocycles. The maximum absolute atomic E-state index is 11.8. The van der Waals surface area contributed by atoms with Gasteiger partial charge in [-0.15, -0.1) is 0 Å². The molecule has 0 atom stereocenters. The zero-order valence-electron chi connectivity index (χ0n) is 11.4. The molecular formula is C15H16BrNO3. The molecule has 0 N–H and O–H groups in total. The summed E-state index contributed by atoms with van der Waals surface area (Å²) in [5.41, 5.74) is 1.56. The Bertz CT molecular complexity index is 590. The van der Waals surface area contributed by atoms with Crippen LogP contribution in [0.3, 0.4) is 0 Å². The second-order valence-corrected chi connectivity index (χ2v) is 5.27. The SMILES string of the molecule is Cc1ccc(C(=O)OCCOc2ccc(Br)cc2)n1C. The first-order valence-corrected chi connectivity index (χ1v) is 7.05. The van der Waals surface area contributed by atoms with Crippen LogP contribution < -0.4 is 4.74 Å². The Labute approximate surface area is 126 Å². The third-order valence-corrected chi connectivity index (χ3v) is 3.51. The van der Waals surface area contributed by atoms with Crippen molar-refractivity contribution in [3.63, 3.8) is 0 Å². The number of ether oxygens (including phenoxy) is 2. The number of hydrogen-bond donors (Lipinski definition) is 0. The summed E-state index contributed by atoms with van der Waals surface area (Å²) in [6, 6.07) is 11.1. The summed E-state index contributed by atoms with van der Waals surface area (Å²) >= 11 is 3.35. The minimum Gasteiger partial charge on any atom is -0.490 e. The van der Waals surface area contributed by atoms with E-state index in [0.717, 1.165) is 15.9 Å². The second kappa shape index (κ2) is 6.61. The Morgan fingerprint density at radius 1 is 1.15 bits per heavy atom. The zero-order chi connectivity index (χ0) is 14.5. The Morgan fingerprint density at radius 2 is 1.85 bits per heavy atom. The van der Waals surface area contributed by atoms with Crippen molar-refractivity contribution in [1.82, 2.24) is 4.57 Å². The molecule has 0 amide bonds. The van der Waals surface area contributed by atoms with Gasteiger partial charge in [0, 0.05) is 17.2 Å². The smallest absolute Gasteiger partial charge is 0.355 e. The number of benzene rings is 1. The van der Waals surface area contributed by atoms with Crippen molar-refractivity contribution in [2.75, 3.05) is 13.2 Å². The Morgan fingerprint density at radius 3 is 2.45 bits per heavy atom. The second-order valence-electron chi connectivity index (χ2n) is 4.36. The van der Waals surface area contributed by atoms with Crippen LogP contribution in [0.1, 0.15) is 16.2 Å². The number of nitrogens with zero attached hydrogens (tertiary/aromatic N) is 1. The highest BCUT2D eigenvalue weighted by molar-refractivity contribution is 9.10. The number of esters is 1. The number of carbonyl (C=O) groups is 1. The van der Waals surface area contributed by atoms with Crippen LogP contribution in [0.4, 0.5) is 0 Å². The molecule has 0 radical (unpaired) electrons. The zero-order valence-corrected chi connectivity index (χ0v) is 13.0. The molecule has 2 aromatic rings. The number of aromatic nitrogens is 1. The fourth-order valence-corrected chi connectivity index (χ4v) is 1.98. The molecule has 0 saturated heterocycles. The van der Waals surface area contributed by atoms with Crippen LogP contribution in [-0.4, -0.2) is 23.8 Å². The number of rotatable bonds is 5. The van der Waals surface area contributed by atoms with Gasteiger partial charge in [0.25, 0.3) is 0 Å². The highest BCUT2D eigenvalue weighted by Gasteiger charge is 2.11. The summed E-state index contributed by atoms with van der Waals surface area (Å²) in [5.74, 6) is 0.416. The molecule has 4 nitrogen and oxygen atoms in total. The van der Waals surface area contributed by atoms with Crippen molar-refractivity contribution in [2.24, 2.45) is 7.05 Å². The summed E-state index contributed by atoms with van der Waals surface area (Å²) in [4.78, 5) is 11.8. The van der Waals surface area contributed by atoms with E-state index in [1.54, 1.807) is 10.6 Å². The van der Waals surface area contributed by atoms with Gasteiger partial charge in [-0.1, -0.05) is 15.9 Å². The average Bonchev–Trinajstić information content (AvgIpc) is 2.77. The maximum Gasteiger partial charge on any atom is 0.355 e. The first-order valence-electron chi connectivity index (χ1n) is 6.26. The number of hydrogen-bond acceptors (Lipinski definition) is 3. The van der Waals surface area contributed by atoms with Crippen LogP contribution in [0, 0.1) is 6.92 Å². The monoisotopic (exact) mass is 337 g/mol. The molecule has 1 aromatic heterocycles. The van der Waals surface area contributed by atoms with Gasteiger partial charge in [-0.25, -0.2) is 4.79 Å². The normalized spacial score (nSPS) is 10.3. The summed E-state index contributed by atoms with van der Waals surface area (Å²) in [6.45, 7) is 2.49. The third-order valence-electron chi connectivity index (χ3n) is 2.98. The van der Waals surface area contributed by atoms with Crippen LogP contribution in [-0.2, 0) is 11.8 Å². The van der Waals surface area contributed by atoms with Crippen molar-refractivity contribution in [3.8, 4) is 5.75 Å². The number of carbonyl (C=O) groups excluding carboxylic acids is 1. The van der Waals surface area contributed by atoms with Gasteiger partial charge in [-0.3, -0.25) is 0 Å². The van der Waals surface area contributed by atoms with E-state index in [9.17, 15) is 4.79 Å². The molecule has 106 valence electrons. The third kappa shape index (κ3) is 3.63. The molecule has 0 saturated carbocycles. The molecule has 0 bridgehead atoms. The summed E-state index contributed by atoms with van der Waals surface area (Å²) in [5, 5.41) is 0. The van der Waals surface area contributed by atoms with Gasteiger partial charge in [0.05, 0.1) is 0 Å². The molecule has 1 heterocycles. The van der Waals surface area contributed by atoms with E-state index in [1.807, 2.05) is 44.3 Å². The number of aryl methyl sites for hydroxylation is 1. The lowest BCUT2D eigenvalue weighted by atomic mass is 10.3. The van der Waals surface area contributed by atoms with E-state index in [2.05, 4.69) is 15.9 Å². The summed E-state index contributed by atoms with van der Waals surface area (Å²) in [6.07, 6.45) is 0. The minimum absolute atomic E-state index is 0.221. The highest BCUT2D eigenvalue weighted by Crippen LogP contribution is 2.16. The molecule has 0 aliphatic rings. The lowest BCUT2D eigenvalue weighted by molar-refractivity contribution is 0.0439. The summed E-state index contributed by atoms with van der Waals surface area (Å²) < 4.78 is 13.5. The van der Waals surface area contributed by atoms with Crippen LogP contribution in [0.2, 0.25) is 0 Å². The van der Waals surface area contributed by atoms with Gasteiger partial charge in [0.2, 0.25) is 0 Å². The maximum atomic E-state index is 11.8. The van der Waals surface area contributed by atoms with E-state index in [0.29, 0.717) is 12.3 Å². The lowest BCUT2D eigenvalue weighted by Gasteiger charge is -2.08. The highest BCUT2D eigenvalue weighted by atomic mass is 79.9. The standard InChI is InChI=1S/C15H16BrNO3/c1-11-3-8-14(17(11)2)15(18)20-10-9-19-13-6-4-12(16)5-7-13/h3-8H,9-10H2,1-2H3. The van der Waals surface area contributed by atoms with Crippen molar-refractivity contribution in [3.05, 3.63) is 52.3 Å². The first-order chi connectivity index (χ1) is 9.58. The molecule has 2 rings (SSSR count). The van der Waals surface area contributed by atoms with Crippen molar-refractivity contribution in [1.29, 1.82) is 0 Å². The molecule has 0 unspecified atom stereocenters. The van der Waals surface area contributed by atoms with Crippen molar-refractivity contribution >= 4 is 21.9 Å². The quantitative estimate of drug-likeness (QED) is 0.620. The molecule has 0 aliphatic heterocycles. The molecule has 20 heavy (non-hydrogen) atoms. The fourth-order valence-electron chi connectivity index (χ4n) is 1.72. The first kappa shape index (κ1) is 14.7. The Balaban J connectivity index is 1.77. The molecule has 5 heteroatoms. The van der Waals surface area contributed by atoms with E-state index < -0.39 is 0 Å². The topological polar surface area (TPSA) is 40.5 Å². The average molecular weight is 338 g/mol. The van der Waals surface area contributed by atoms with E-state index in [1.165, 1.54) is 0 Å². The van der Waals surface area contributed by atoms with Gasteiger partial charge in [-0.05, 0) is 43.3 Å². The van der Waals surface area contributed by atoms with Gasteiger partial charge in [0.15, 0.2) is 0 Å². The van der Waals surface area contributed by atoms with Gasteiger partial charge in [-0.2, -0.15) is 0 Å². The fraction of sp³-hybridized carbons (Fsp3) is 0.267. The van der Waals surface area contributed by atoms with Gasteiger partial charge in [0.1, 0.15) is 24.7 Å². The van der Waals surface area contributed by atoms with Crippen LogP contribution in [0.25, 0.3) is 0 Å². The van der Waals surface area contributed by atoms with Gasteiger partial charge < -0.3 is 14.0 Å². The van der Waals surface area contributed by atoms with E-state index >= 15 is 0 Å². The molecular weight excluding hydrogens is 322 g/mol. The van der Waals surface area contributed by atoms with Crippen molar-refractivity contribution in [2.45, 2.75) is 6.92 Å². The van der Waals surface area contributed by atoms with E-state index in [4.69, 9.17) is 9.47 Å². The number of halogens is 1.